The molecule has 4 N–H and O–H groups in total. The van der Waals surface area contributed by atoms with Crippen LogP contribution in [0.25, 0.3) is 0 Å². The molecule has 1 aliphatic heterocycles. The van der Waals surface area contributed by atoms with Crippen LogP contribution in [0, 0.1) is 0 Å². The maximum Gasteiger partial charge on any atom is 0.337 e. The van der Waals surface area contributed by atoms with Crippen molar-refractivity contribution < 1.29 is 22.7 Å². The van der Waals surface area contributed by atoms with Gasteiger partial charge in [-0.05, 0) is 18.2 Å². The van der Waals surface area contributed by atoms with Crippen molar-refractivity contribution in [1.82, 2.24) is 0 Å². The van der Waals surface area contributed by atoms with Gasteiger partial charge in [0.15, 0.2) is 0 Å². The minimum atomic E-state index is -3.79. The van der Waals surface area contributed by atoms with Crippen LogP contribution in [0.2, 0.25) is 0 Å². The van der Waals surface area contributed by atoms with Crippen molar-refractivity contribution in [3.8, 4) is 0 Å². The number of benzene rings is 1. The molecule has 1 unspecified atom stereocenters. The number of ether oxygens (including phenoxy) is 1. The average molecular weight is 313 g/mol. The van der Waals surface area contributed by atoms with E-state index >= 15 is 0 Å². The van der Waals surface area contributed by atoms with Crippen molar-refractivity contribution in [1.29, 1.82) is 0 Å². The summed E-state index contributed by atoms with van der Waals surface area (Å²) in [5, 5.41) is 4.11. The first-order chi connectivity index (χ1) is 9.74. The van der Waals surface area contributed by atoms with Crippen LogP contribution in [0.15, 0.2) is 18.2 Å². The lowest BCUT2D eigenvalue weighted by atomic mass is 10.1. The summed E-state index contributed by atoms with van der Waals surface area (Å²) < 4.78 is 27.2. The van der Waals surface area contributed by atoms with Crippen LogP contribution >= 0.6 is 0 Å². The molecule has 9 heteroatoms. The first-order valence-electron chi connectivity index (χ1n) is 6.04. The second-order valence-electron chi connectivity index (χ2n) is 4.68. The van der Waals surface area contributed by atoms with Gasteiger partial charge in [-0.3, -0.25) is 4.79 Å². The summed E-state index contributed by atoms with van der Waals surface area (Å²) >= 11 is 0. The van der Waals surface area contributed by atoms with Gasteiger partial charge in [-0.2, -0.15) is 0 Å². The lowest BCUT2D eigenvalue weighted by Gasteiger charge is -2.18. The van der Waals surface area contributed by atoms with Gasteiger partial charge in [0, 0.05) is 13.0 Å². The summed E-state index contributed by atoms with van der Waals surface area (Å²) in [6.07, 6.45) is -0.184. The fourth-order valence-electron chi connectivity index (χ4n) is 2.17. The van der Waals surface area contributed by atoms with Crippen LogP contribution < -0.4 is 15.8 Å². The number of nitrogens with two attached hydrogens (primary N) is 2. The Kier molecular flexibility index (Phi) is 3.88. The third-order valence-corrected chi connectivity index (χ3v) is 4.54. The molecule has 21 heavy (non-hydrogen) atoms. The molecule has 0 radical (unpaired) electrons. The third-order valence-electron chi connectivity index (χ3n) is 3.29. The van der Waals surface area contributed by atoms with Crippen LogP contribution in [0.4, 0.5) is 11.4 Å². The molecule has 114 valence electrons. The van der Waals surface area contributed by atoms with Gasteiger partial charge in [0.05, 0.1) is 24.0 Å². The number of sulfonamides is 1. The summed E-state index contributed by atoms with van der Waals surface area (Å²) in [6, 6.07) is 4.30. The number of hydrogen-bond acceptors (Lipinski definition) is 6. The molecule has 1 saturated heterocycles. The molecule has 1 aromatic carbocycles. The highest BCUT2D eigenvalue weighted by Gasteiger charge is 2.37. The molecule has 0 aliphatic carbocycles. The molecule has 1 fully saturated rings. The van der Waals surface area contributed by atoms with E-state index in [-0.39, 0.29) is 30.1 Å². The normalized spacial score (nSPS) is 18.9. The Morgan fingerprint density at radius 2 is 2.10 bits per heavy atom. The number of esters is 1. The highest BCUT2D eigenvalue weighted by molar-refractivity contribution is 7.89. The first-order valence-corrected chi connectivity index (χ1v) is 7.65. The molecule has 1 aromatic rings. The molecule has 0 aromatic heterocycles. The number of nitrogens with zero attached hydrogens (tertiary/aromatic N) is 1. The van der Waals surface area contributed by atoms with Gasteiger partial charge in [0.2, 0.25) is 15.9 Å². The van der Waals surface area contributed by atoms with Gasteiger partial charge in [0.25, 0.3) is 0 Å². The Labute approximate surface area is 121 Å². The van der Waals surface area contributed by atoms with Crippen molar-refractivity contribution in [3.63, 3.8) is 0 Å². The number of carbonyl (C=O) groups excluding carboxylic acids is 2. The largest absolute Gasteiger partial charge is 0.465 e. The molecule has 0 bridgehead atoms. The van der Waals surface area contributed by atoms with Crippen LogP contribution in [-0.4, -0.2) is 39.2 Å². The lowest BCUT2D eigenvalue weighted by molar-refractivity contribution is -0.117. The first kappa shape index (κ1) is 15.3. The predicted octanol–water partition coefficient (Wildman–Crippen LogP) is -0.551. The van der Waals surface area contributed by atoms with Crippen molar-refractivity contribution in [2.75, 3.05) is 24.3 Å². The number of amides is 1. The smallest absolute Gasteiger partial charge is 0.337 e. The number of carbonyl (C=O) groups is 2. The third kappa shape index (κ3) is 2.98. The van der Waals surface area contributed by atoms with E-state index in [1.54, 1.807) is 0 Å². The summed E-state index contributed by atoms with van der Waals surface area (Å²) in [7, 11) is -2.55. The second kappa shape index (κ2) is 5.34. The van der Waals surface area contributed by atoms with Crippen LogP contribution in [0.1, 0.15) is 16.8 Å². The highest BCUT2D eigenvalue weighted by atomic mass is 32.2. The quantitative estimate of drug-likeness (QED) is 0.568. The molecule has 1 amide bonds. The topological polar surface area (TPSA) is 133 Å². The van der Waals surface area contributed by atoms with Crippen molar-refractivity contribution >= 4 is 33.3 Å². The number of rotatable bonds is 3. The van der Waals surface area contributed by atoms with Crippen LogP contribution in [0.3, 0.4) is 0 Å². The maximum absolute atomic E-state index is 11.9. The Hall–Kier alpha value is -2.13. The number of methoxy groups -OCH3 is 1. The monoisotopic (exact) mass is 313 g/mol. The van der Waals surface area contributed by atoms with E-state index in [1.807, 2.05) is 0 Å². The average Bonchev–Trinajstić information content (AvgIpc) is 2.79. The zero-order chi connectivity index (χ0) is 15.8. The van der Waals surface area contributed by atoms with Gasteiger partial charge >= 0.3 is 5.97 Å². The number of nitrogen functional groups attached to an aromatic ring is 1. The van der Waals surface area contributed by atoms with E-state index in [4.69, 9.17) is 10.9 Å². The zero-order valence-electron chi connectivity index (χ0n) is 11.3. The van der Waals surface area contributed by atoms with E-state index in [9.17, 15) is 18.0 Å². The van der Waals surface area contributed by atoms with Crippen LogP contribution in [-0.2, 0) is 19.6 Å². The summed E-state index contributed by atoms with van der Waals surface area (Å²) in [5.41, 5.74) is 6.60. The Morgan fingerprint density at radius 3 is 2.57 bits per heavy atom. The molecule has 1 atom stereocenters. The standard InChI is InChI=1S/C12H15N3O5S/c1-20-12(17)7-2-3-10(9(13)4-7)15-6-8(5-11(15)16)21(14,18)19/h2-4,8H,5-6,13H2,1H3,(H2,14,18,19). The fourth-order valence-corrected chi connectivity index (χ4v) is 2.90. The Bertz CT molecular complexity index is 701. The Balaban J connectivity index is 2.31. The van der Waals surface area contributed by atoms with E-state index in [1.165, 1.54) is 30.2 Å². The summed E-state index contributed by atoms with van der Waals surface area (Å²) in [4.78, 5) is 24.6. The minimum absolute atomic E-state index is 0.0561. The molecule has 0 spiro atoms. The van der Waals surface area contributed by atoms with Gasteiger partial charge < -0.3 is 15.4 Å². The van der Waals surface area contributed by atoms with Gasteiger partial charge in [-0.1, -0.05) is 0 Å². The molecule has 1 heterocycles. The zero-order valence-corrected chi connectivity index (χ0v) is 12.1. The van der Waals surface area contributed by atoms with E-state index in [0.29, 0.717) is 5.69 Å². The summed E-state index contributed by atoms with van der Waals surface area (Å²) in [6.45, 7) is -0.0561. The number of primary sulfonamides is 1. The maximum atomic E-state index is 11.9. The van der Waals surface area contributed by atoms with Crippen LogP contribution in [0.5, 0.6) is 0 Å². The van der Waals surface area contributed by atoms with E-state index in [2.05, 4.69) is 4.74 Å². The number of anilines is 2. The lowest BCUT2D eigenvalue weighted by Crippen LogP contribution is -2.32. The van der Waals surface area contributed by atoms with Gasteiger partial charge in [-0.25, -0.2) is 18.4 Å². The van der Waals surface area contributed by atoms with Crippen molar-refractivity contribution in [2.45, 2.75) is 11.7 Å². The summed E-state index contributed by atoms with van der Waals surface area (Å²) in [5.74, 6) is -0.935. The molecule has 2 rings (SSSR count). The van der Waals surface area contributed by atoms with E-state index in [0.717, 1.165) is 0 Å². The predicted molar refractivity (Wildman–Crippen MR) is 76.1 cm³/mol. The molecular weight excluding hydrogens is 298 g/mol. The molecule has 1 aliphatic rings. The second-order valence-corrected chi connectivity index (χ2v) is 6.53. The van der Waals surface area contributed by atoms with E-state index < -0.39 is 21.2 Å². The van der Waals surface area contributed by atoms with Gasteiger partial charge in [0.1, 0.15) is 5.25 Å². The highest BCUT2D eigenvalue weighted by Crippen LogP contribution is 2.30. The number of hydrogen-bond donors (Lipinski definition) is 2. The Morgan fingerprint density at radius 1 is 1.43 bits per heavy atom. The SMILES string of the molecule is COC(=O)c1ccc(N2CC(S(N)(=O)=O)CC2=O)c(N)c1. The molecular formula is C12H15N3O5S. The molecule has 8 nitrogen and oxygen atoms in total. The van der Waals surface area contributed by atoms with Crippen molar-refractivity contribution in [3.05, 3.63) is 23.8 Å². The van der Waals surface area contributed by atoms with Gasteiger partial charge in [-0.15, -0.1) is 0 Å². The van der Waals surface area contributed by atoms with Crippen molar-refractivity contribution in [2.24, 2.45) is 5.14 Å². The minimum Gasteiger partial charge on any atom is -0.465 e. The fraction of sp³-hybridized carbons (Fsp3) is 0.333. The molecule has 0 saturated carbocycles.